The lowest BCUT2D eigenvalue weighted by atomic mass is 9.69. The number of Topliss-reactive ketones (excluding diaryl/α,β-unsaturated/α-hetero) is 1. The maximum absolute atomic E-state index is 14.2. The van der Waals surface area contributed by atoms with Crippen LogP contribution in [0.1, 0.15) is 63.7 Å². The molecule has 7 N–H and O–H groups in total. The SMILES string of the molecule is Cc1cc(Oc2ccccc2)ccc1C1(N)C(=O)C(N)c2c(C(=O)N[C@@H]3CCCC[C@@H]3N(C)C)sc3c(N)ccc1c23. The summed E-state index contributed by atoms with van der Waals surface area (Å²) >= 11 is 1.29. The van der Waals surface area contributed by atoms with Gasteiger partial charge in [-0.2, -0.15) is 0 Å². The van der Waals surface area contributed by atoms with Crippen LogP contribution in [0, 0.1) is 6.92 Å². The van der Waals surface area contributed by atoms with Crippen LogP contribution in [0.15, 0.2) is 60.7 Å². The van der Waals surface area contributed by atoms with Gasteiger partial charge in [-0.05, 0) is 80.9 Å². The Hall–Kier alpha value is -3.76. The smallest absolute Gasteiger partial charge is 0.262 e. The first-order valence-electron chi connectivity index (χ1n) is 14.4. The molecule has 218 valence electrons. The fraction of sp³-hybridized carbons (Fsp3) is 0.333. The van der Waals surface area contributed by atoms with Crippen LogP contribution >= 0.6 is 11.3 Å². The molecule has 0 spiro atoms. The molecule has 0 saturated heterocycles. The Morgan fingerprint density at radius 1 is 1.02 bits per heavy atom. The van der Waals surface area contributed by atoms with E-state index in [0.717, 1.165) is 35.9 Å². The molecule has 1 amide bonds. The summed E-state index contributed by atoms with van der Waals surface area (Å²) < 4.78 is 6.74. The molecule has 1 heterocycles. The van der Waals surface area contributed by atoms with Crippen molar-refractivity contribution < 1.29 is 14.3 Å². The normalized spacial score (nSPS) is 23.8. The number of carbonyl (C=O) groups is 2. The van der Waals surface area contributed by atoms with E-state index in [2.05, 4.69) is 10.2 Å². The number of amides is 1. The predicted molar refractivity (Wildman–Crippen MR) is 168 cm³/mol. The molecule has 1 aromatic heterocycles. The van der Waals surface area contributed by atoms with Crippen LogP contribution in [0.25, 0.3) is 10.1 Å². The van der Waals surface area contributed by atoms with Crippen molar-refractivity contribution >= 4 is 38.8 Å². The number of ketones is 1. The summed E-state index contributed by atoms with van der Waals surface area (Å²) in [5.41, 5.74) is 21.8. The van der Waals surface area contributed by atoms with Crippen molar-refractivity contribution in [1.29, 1.82) is 0 Å². The third-order valence-electron chi connectivity index (χ3n) is 8.83. The van der Waals surface area contributed by atoms with Gasteiger partial charge < -0.3 is 32.2 Å². The second kappa shape index (κ2) is 10.8. The van der Waals surface area contributed by atoms with Gasteiger partial charge in [0.2, 0.25) is 0 Å². The molecule has 0 aliphatic heterocycles. The molecule has 6 rings (SSSR count). The average Bonchev–Trinajstić information content (AvgIpc) is 3.38. The number of rotatable bonds is 6. The quantitative estimate of drug-likeness (QED) is 0.235. The summed E-state index contributed by atoms with van der Waals surface area (Å²) in [5, 5.41) is 3.97. The van der Waals surface area contributed by atoms with Gasteiger partial charge in [0.05, 0.1) is 15.6 Å². The van der Waals surface area contributed by atoms with Crippen molar-refractivity contribution in [3.05, 3.63) is 87.8 Å². The molecular weight excluding hydrogens is 546 g/mol. The van der Waals surface area contributed by atoms with E-state index in [1.807, 2.05) is 69.6 Å². The Morgan fingerprint density at radius 2 is 1.74 bits per heavy atom. The monoisotopic (exact) mass is 583 g/mol. The number of nitrogen functional groups attached to an aromatic ring is 1. The number of ether oxygens (including phenoxy) is 1. The van der Waals surface area contributed by atoms with Gasteiger partial charge in [-0.3, -0.25) is 9.59 Å². The van der Waals surface area contributed by atoms with Crippen molar-refractivity contribution in [3.8, 4) is 11.5 Å². The first-order chi connectivity index (χ1) is 20.1. The lowest BCUT2D eigenvalue weighted by molar-refractivity contribution is -0.124. The fourth-order valence-corrected chi connectivity index (χ4v) is 7.93. The Kier molecular flexibility index (Phi) is 7.31. The molecule has 1 saturated carbocycles. The highest BCUT2D eigenvalue weighted by atomic mass is 32.1. The first-order valence-corrected chi connectivity index (χ1v) is 15.2. The molecule has 2 aliphatic rings. The minimum atomic E-state index is -1.53. The van der Waals surface area contributed by atoms with Crippen molar-refractivity contribution in [2.24, 2.45) is 11.5 Å². The summed E-state index contributed by atoms with van der Waals surface area (Å²) in [7, 11) is 4.09. The number of nitrogens with zero attached hydrogens (tertiary/aromatic N) is 1. The van der Waals surface area contributed by atoms with Crippen molar-refractivity contribution in [2.45, 2.75) is 56.3 Å². The van der Waals surface area contributed by atoms with Crippen LogP contribution in [0.2, 0.25) is 0 Å². The van der Waals surface area contributed by atoms with E-state index in [1.165, 1.54) is 11.3 Å². The van der Waals surface area contributed by atoms with Crippen molar-refractivity contribution in [3.63, 3.8) is 0 Å². The number of thiophene rings is 1. The molecule has 9 heteroatoms. The van der Waals surface area contributed by atoms with E-state index in [4.69, 9.17) is 21.9 Å². The molecular formula is C33H37N5O3S. The maximum atomic E-state index is 14.2. The van der Waals surface area contributed by atoms with E-state index in [1.54, 1.807) is 12.1 Å². The van der Waals surface area contributed by atoms with E-state index in [0.29, 0.717) is 44.1 Å². The van der Waals surface area contributed by atoms with Gasteiger partial charge in [0.1, 0.15) is 17.0 Å². The van der Waals surface area contributed by atoms with Crippen LogP contribution < -0.4 is 27.3 Å². The van der Waals surface area contributed by atoms with Crippen LogP contribution in [0.5, 0.6) is 11.5 Å². The second-order valence-corrected chi connectivity index (χ2v) is 12.7. The van der Waals surface area contributed by atoms with Gasteiger partial charge in [-0.15, -0.1) is 11.3 Å². The number of hydrogen-bond acceptors (Lipinski definition) is 8. The maximum Gasteiger partial charge on any atom is 0.262 e. The van der Waals surface area contributed by atoms with E-state index >= 15 is 0 Å². The minimum absolute atomic E-state index is 0.0128. The summed E-state index contributed by atoms with van der Waals surface area (Å²) in [6.07, 6.45) is 4.13. The fourth-order valence-electron chi connectivity index (χ4n) is 6.73. The van der Waals surface area contributed by atoms with E-state index < -0.39 is 11.6 Å². The zero-order chi connectivity index (χ0) is 29.8. The van der Waals surface area contributed by atoms with Crippen LogP contribution in [0.4, 0.5) is 5.69 Å². The van der Waals surface area contributed by atoms with Crippen LogP contribution in [-0.2, 0) is 10.3 Å². The molecule has 8 nitrogen and oxygen atoms in total. The number of benzene rings is 3. The highest BCUT2D eigenvalue weighted by Crippen LogP contribution is 2.50. The molecule has 2 unspecified atom stereocenters. The number of para-hydroxylation sites is 1. The average molecular weight is 584 g/mol. The first kappa shape index (κ1) is 28.4. The Balaban J connectivity index is 1.43. The zero-order valence-electron chi connectivity index (χ0n) is 24.1. The molecule has 0 bridgehead atoms. The summed E-state index contributed by atoms with van der Waals surface area (Å²) in [6.45, 7) is 1.91. The van der Waals surface area contributed by atoms with Gasteiger partial charge >= 0.3 is 0 Å². The number of likely N-dealkylation sites (N-methyl/N-ethyl adjacent to an activating group) is 1. The standard InChI is InChI=1S/C33H37N5O3S/c1-18-17-20(41-19-9-5-4-6-10-19)13-14-21(18)33(36)22-15-16-23(34)29-26(22)27(28(35)31(33)39)30(42-29)32(40)37-24-11-7-8-12-25(24)38(2)3/h4-6,9-10,13-17,24-25,28H,7-8,11-12,34-36H2,1-3H3,(H,37,40)/t24-,25+,28?,33?/m1/s1. The van der Waals surface area contributed by atoms with Gasteiger partial charge in [0, 0.05) is 28.7 Å². The summed E-state index contributed by atoms with van der Waals surface area (Å²) in [6, 6.07) is 17.7. The molecule has 4 aromatic rings. The summed E-state index contributed by atoms with van der Waals surface area (Å²) in [5.74, 6) is 0.760. The van der Waals surface area contributed by atoms with Gasteiger partial charge in [-0.1, -0.05) is 43.2 Å². The number of nitrogens with two attached hydrogens (primary N) is 3. The highest BCUT2D eigenvalue weighted by Gasteiger charge is 2.49. The molecule has 2 aliphatic carbocycles. The number of anilines is 1. The highest BCUT2D eigenvalue weighted by molar-refractivity contribution is 7.21. The second-order valence-electron chi connectivity index (χ2n) is 11.7. The van der Waals surface area contributed by atoms with E-state index in [9.17, 15) is 9.59 Å². The van der Waals surface area contributed by atoms with Gasteiger partial charge in [0.15, 0.2) is 5.78 Å². The lowest BCUT2D eigenvalue weighted by Gasteiger charge is -2.38. The molecule has 42 heavy (non-hydrogen) atoms. The topological polar surface area (TPSA) is 137 Å². The Bertz CT molecular complexity index is 1680. The van der Waals surface area contributed by atoms with Crippen LogP contribution in [-0.4, -0.2) is 42.8 Å². The predicted octanol–water partition coefficient (Wildman–Crippen LogP) is 4.97. The third-order valence-corrected chi connectivity index (χ3v) is 10.1. The number of aryl methyl sites for hydroxylation is 1. The van der Waals surface area contributed by atoms with Gasteiger partial charge in [-0.25, -0.2) is 0 Å². The third kappa shape index (κ3) is 4.57. The molecule has 4 atom stereocenters. The van der Waals surface area contributed by atoms with Gasteiger partial charge in [0.25, 0.3) is 5.91 Å². The molecule has 1 fully saturated rings. The van der Waals surface area contributed by atoms with Crippen LogP contribution in [0.3, 0.4) is 0 Å². The molecule has 3 aromatic carbocycles. The number of nitrogens with one attached hydrogen (secondary N) is 1. The Labute approximate surface area is 249 Å². The Morgan fingerprint density at radius 3 is 2.45 bits per heavy atom. The van der Waals surface area contributed by atoms with E-state index in [-0.39, 0.29) is 23.8 Å². The lowest BCUT2D eigenvalue weighted by Crippen LogP contribution is -2.53. The zero-order valence-corrected chi connectivity index (χ0v) is 25.0. The van der Waals surface area contributed by atoms with Crippen molar-refractivity contribution in [1.82, 2.24) is 10.2 Å². The number of carbonyl (C=O) groups excluding carboxylic acids is 2. The summed E-state index contributed by atoms with van der Waals surface area (Å²) in [4.78, 5) is 30.7. The van der Waals surface area contributed by atoms with Crippen molar-refractivity contribution in [2.75, 3.05) is 19.8 Å². The molecule has 0 radical (unpaired) electrons. The number of hydrogen-bond donors (Lipinski definition) is 4. The minimum Gasteiger partial charge on any atom is -0.457 e. The largest absolute Gasteiger partial charge is 0.457 e.